The molecule has 0 spiro atoms. The third-order valence-electron chi connectivity index (χ3n) is 4.48. The van der Waals surface area contributed by atoms with Gasteiger partial charge < -0.3 is 14.8 Å². The quantitative estimate of drug-likeness (QED) is 0.351. The average Bonchev–Trinajstić information content (AvgIpc) is 3.09. The zero-order valence-electron chi connectivity index (χ0n) is 17.8. The summed E-state index contributed by atoms with van der Waals surface area (Å²) in [5.74, 6) is 0.0162. The number of esters is 1. The molecule has 0 aliphatic heterocycles. The van der Waals surface area contributed by atoms with Gasteiger partial charge in [-0.05, 0) is 50.1 Å². The number of ether oxygens (including phenoxy) is 2. The Balaban J connectivity index is 1.84. The molecule has 0 aliphatic rings. The lowest BCUT2D eigenvalue weighted by molar-refractivity contribution is -0.111. The number of aryl methyl sites for hydroxylation is 1. The van der Waals surface area contributed by atoms with Crippen LogP contribution in [0.3, 0.4) is 0 Å². The molecule has 31 heavy (non-hydrogen) atoms. The van der Waals surface area contributed by atoms with Gasteiger partial charge in [0.05, 0.1) is 13.2 Å². The number of amides is 1. The van der Waals surface area contributed by atoms with Crippen molar-refractivity contribution in [2.24, 2.45) is 0 Å². The maximum atomic E-state index is 12.7. The van der Waals surface area contributed by atoms with Crippen molar-refractivity contribution < 1.29 is 19.1 Å². The molecule has 160 valence electrons. The second kappa shape index (κ2) is 10.6. The van der Waals surface area contributed by atoms with E-state index < -0.39 is 5.97 Å². The van der Waals surface area contributed by atoms with Crippen LogP contribution in [0, 0.1) is 6.92 Å². The SMILES string of the molecule is CCOC(=O)c1c(NC(=O)/C=C/c2ccc(OCC)cc2)sc(C)c1-c1ccccc1. The Morgan fingerprint density at radius 1 is 1.00 bits per heavy atom. The van der Waals surface area contributed by atoms with Crippen LogP contribution in [0.5, 0.6) is 5.75 Å². The molecule has 1 amide bonds. The first kappa shape index (κ1) is 22.3. The Morgan fingerprint density at radius 2 is 1.71 bits per heavy atom. The van der Waals surface area contributed by atoms with Crippen molar-refractivity contribution in [3.63, 3.8) is 0 Å². The van der Waals surface area contributed by atoms with Crippen molar-refractivity contribution in [3.05, 3.63) is 76.7 Å². The molecule has 6 heteroatoms. The molecule has 0 fully saturated rings. The topological polar surface area (TPSA) is 64.6 Å². The van der Waals surface area contributed by atoms with E-state index in [1.165, 1.54) is 17.4 Å². The highest BCUT2D eigenvalue weighted by molar-refractivity contribution is 7.17. The summed E-state index contributed by atoms with van der Waals surface area (Å²) < 4.78 is 10.7. The van der Waals surface area contributed by atoms with Crippen molar-refractivity contribution in [2.45, 2.75) is 20.8 Å². The number of hydrogen-bond acceptors (Lipinski definition) is 5. The molecule has 3 aromatic rings. The fourth-order valence-electron chi connectivity index (χ4n) is 3.15. The molecule has 1 heterocycles. The van der Waals surface area contributed by atoms with Gasteiger partial charge in [-0.3, -0.25) is 4.79 Å². The summed E-state index contributed by atoms with van der Waals surface area (Å²) in [6.07, 6.45) is 3.16. The van der Waals surface area contributed by atoms with E-state index in [0.717, 1.165) is 27.3 Å². The van der Waals surface area contributed by atoms with Crippen molar-refractivity contribution in [3.8, 4) is 16.9 Å². The minimum absolute atomic E-state index is 0.257. The van der Waals surface area contributed by atoms with Gasteiger partial charge in [-0.25, -0.2) is 4.79 Å². The van der Waals surface area contributed by atoms with Crippen LogP contribution in [0.2, 0.25) is 0 Å². The molecule has 0 saturated carbocycles. The standard InChI is InChI=1S/C25H25NO4S/c1-4-29-20-14-11-18(12-15-20)13-16-21(27)26-24-23(25(28)30-5-2)22(17(3)31-24)19-9-7-6-8-10-19/h6-16H,4-5H2,1-3H3,(H,26,27)/b16-13+. The Kier molecular flexibility index (Phi) is 7.62. The summed E-state index contributed by atoms with van der Waals surface area (Å²) in [6.45, 7) is 6.48. The lowest BCUT2D eigenvalue weighted by Gasteiger charge is -2.08. The van der Waals surface area contributed by atoms with Crippen molar-refractivity contribution in [1.82, 2.24) is 0 Å². The molecule has 2 aromatic carbocycles. The van der Waals surface area contributed by atoms with E-state index in [0.29, 0.717) is 17.2 Å². The van der Waals surface area contributed by atoms with Crippen molar-refractivity contribution >= 4 is 34.3 Å². The maximum Gasteiger partial charge on any atom is 0.341 e. The van der Waals surface area contributed by atoms with E-state index in [-0.39, 0.29) is 12.5 Å². The van der Waals surface area contributed by atoms with Crippen LogP contribution < -0.4 is 10.1 Å². The van der Waals surface area contributed by atoms with Crippen LogP contribution in [0.1, 0.15) is 34.6 Å². The first-order valence-electron chi connectivity index (χ1n) is 10.1. The summed E-state index contributed by atoms with van der Waals surface area (Å²) in [6, 6.07) is 17.1. The largest absolute Gasteiger partial charge is 0.494 e. The molecule has 3 rings (SSSR count). The Hall–Kier alpha value is -3.38. The molecular weight excluding hydrogens is 410 g/mol. The molecule has 0 radical (unpaired) electrons. The monoisotopic (exact) mass is 435 g/mol. The van der Waals surface area contributed by atoms with Gasteiger partial charge in [0, 0.05) is 16.5 Å². The highest BCUT2D eigenvalue weighted by Gasteiger charge is 2.25. The van der Waals surface area contributed by atoms with Crippen LogP contribution in [0.25, 0.3) is 17.2 Å². The fourth-order valence-corrected chi connectivity index (χ4v) is 4.22. The van der Waals surface area contributed by atoms with Gasteiger partial charge in [0.1, 0.15) is 16.3 Å². The number of rotatable bonds is 8. The van der Waals surface area contributed by atoms with Gasteiger partial charge in [0.15, 0.2) is 0 Å². The van der Waals surface area contributed by atoms with E-state index >= 15 is 0 Å². The minimum atomic E-state index is -0.448. The lowest BCUT2D eigenvalue weighted by atomic mass is 10.0. The normalized spacial score (nSPS) is 10.8. The van der Waals surface area contributed by atoms with Gasteiger partial charge in [0.2, 0.25) is 5.91 Å². The molecule has 5 nitrogen and oxygen atoms in total. The predicted molar refractivity (Wildman–Crippen MR) is 126 cm³/mol. The minimum Gasteiger partial charge on any atom is -0.494 e. The van der Waals surface area contributed by atoms with Gasteiger partial charge in [-0.2, -0.15) is 0 Å². The highest BCUT2D eigenvalue weighted by atomic mass is 32.1. The second-order valence-corrected chi connectivity index (χ2v) is 7.87. The number of nitrogens with one attached hydrogen (secondary N) is 1. The van der Waals surface area contributed by atoms with Crippen molar-refractivity contribution in [1.29, 1.82) is 0 Å². The summed E-state index contributed by atoms with van der Waals surface area (Å²) >= 11 is 1.36. The van der Waals surface area contributed by atoms with Crippen LogP contribution in [-0.4, -0.2) is 25.1 Å². The smallest absolute Gasteiger partial charge is 0.341 e. The number of carbonyl (C=O) groups is 2. The zero-order valence-corrected chi connectivity index (χ0v) is 18.6. The molecule has 0 saturated heterocycles. The predicted octanol–water partition coefficient (Wildman–Crippen LogP) is 5.95. The van der Waals surface area contributed by atoms with Crippen LogP contribution in [0.4, 0.5) is 5.00 Å². The second-order valence-electron chi connectivity index (χ2n) is 6.65. The van der Waals surface area contributed by atoms with Crippen molar-refractivity contribution in [2.75, 3.05) is 18.5 Å². The van der Waals surface area contributed by atoms with E-state index in [2.05, 4.69) is 5.32 Å². The first-order valence-corrected chi connectivity index (χ1v) is 10.9. The lowest BCUT2D eigenvalue weighted by Crippen LogP contribution is -2.12. The van der Waals surface area contributed by atoms with Gasteiger partial charge in [0.25, 0.3) is 0 Å². The number of thiophene rings is 1. The van der Waals surface area contributed by atoms with E-state index in [1.54, 1.807) is 13.0 Å². The third-order valence-corrected chi connectivity index (χ3v) is 5.50. The summed E-state index contributed by atoms with van der Waals surface area (Å²) in [5, 5.41) is 3.33. The van der Waals surface area contributed by atoms with Gasteiger partial charge >= 0.3 is 5.97 Å². The number of anilines is 1. The molecule has 1 N–H and O–H groups in total. The number of hydrogen-bond donors (Lipinski definition) is 1. The molecule has 1 aromatic heterocycles. The van der Waals surface area contributed by atoms with Crippen LogP contribution in [0.15, 0.2) is 60.7 Å². The highest BCUT2D eigenvalue weighted by Crippen LogP contribution is 2.40. The van der Waals surface area contributed by atoms with Gasteiger partial charge in [-0.1, -0.05) is 42.5 Å². The van der Waals surface area contributed by atoms with Crippen LogP contribution in [-0.2, 0) is 9.53 Å². The summed E-state index contributed by atoms with van der Waals surface area (Å²) in [7, 11) is 0. The Bertz CT molecular complexity index is 1070. The average molecular weight is 436 g/mol. The molecular formula is C25H25NO4S. The summed E-state index contributed by atoms with van der Waals surface area (Å²) in [5.41, 5.74) is 2.95. The van der Waals surface area contributed by atoms with Gasteiger partial charge in [-0.15, -0.1) is 11.3 Å². The Morgan fingerprint density at radius 3 is 2.35 bits per heavy atom. The van der Waals surface area contributed by atoms with E-state index in [1.807, 2.05) is 68.4 Å². The zero-order chi connectivity index (χ0) is 22.2. The molecule has 0 unspecified atom stereocenters. The first-order chi connectivity index (χ1) is 15.0. The number of carbonyl (C=O) groups excluding carboxylic acids is 2. The molecule has 0 bridgehead atoms. The van der Waals surface area contributed by atoms with Crippen LogP contribution >= 0.6 is 11.3 Å². The Labute approximate surface area is 186 Å². The molecule has 0 aliphatic carbocycles. The molecule has 0 atom stereocenters. The fraction of sp³-hybridized carbons (Fsp3) is 0.200. The van der Waals surface area contributed by atoms with E-state index in [4.69, 9.17) is 9.47 Å². The summed E-state index contributed by atoms with van der Waals surface area (Å²) in [4.78, 5) is 26.2. The maximum absolute atomic E-state index is 12.7. The third kappa shape index (κ3) is 5.61. The van der Waals surface area contributed by atoms with E-state index in [9.17, 15) is 9.59 Å². The number of benzene rings is 2.